The Hall–Kier alpha value is -1.86. The number of isocyanates is 3. The maximum atomic E-state index is 11.2. The molecular weight excluding hydrogens is 294 g/mol. The Labute approximate surface area is 136 Å². The van der Waals surface area contributed by atoms with Crippen molar-refractivity contribution in [3.05, 3.63) is 0 Å². The molecule has 124 valence electrons. The van der Waals surface area contributed by atoms with Crippen molar-refractivity contribution in [2.75, 3.05) is 0 Å². The first-order valence-corrected chi connectivity index (χ1v) is 8.39. The van der Waals surface area contributed by atoms with E-state index in [0.29, 0.717) is 12.8 Å². The summed E-state index contributed by atoms with van der Waals surface area (Å²) in [5.41, 5.74) is -1.89. The minimum atomic E-state index is -0.996. The van der Waals surface area contributed by atoms with Gasteiger partial charge in [-0.3, -0.25) is 0 Å². The summed E-state index contributed by atoms with van der Waals surface area (Å²) in [6.07, 6.45) is 13.1. The van der Waals surface area contributed by atoms with Crippen LogP contribution in [-0.4, -0.2) is 35.4 Å². The zero-order valence-electron chi connectivity index (χ0n) is 13.6. The molecule has 0 aromatic rings. The lowest BCUT2D eigenvalue weighted by atomic mass is 9.59. The van der Waals surface area contributed by atoms with Gasteiger partial charge in [-0.1, -0.05) is 32.1 Å². The molecule has 0 spiro atoms. The lowest BCUT2D eigenvalue weighted by Gasteiger charge is -2.51. The average molecular weight is 317 g/mol. The van der Waals surface area contributed by atoms with Gasteiger partial charge in [-0.2, -0.15) is 15.0 Å². The third kappa shape index (κ3) is 3.11. The van der Waals surface area contributed by atoms with Gasteiger partial charge in [0, 0.05) is 0 Å². The molecule has 0 N–H and O–H groups in total. The lowest BCUT2D eigenvalue weighted by Crippen LogP contribution is -2.61. The van der Waals surface area contributed by atoms with E-state index in [1.807, 2.05) is 6.92 Å². The third-order valence-corrected chi connectivity index (χ3v) is 5.84. The summed E-state index contributed by atoms with van der Waals surface area (Å²) < 4.78 is 0. The van der Waals surface area contributed by atoms with Crippen LogP contribution in [0.4, 0.5) is 0 Å². The van der Waals surface area contributed by atoms with Crippen LogP contribution in [0.3, 0.4) is 0 Å². The number of aliphatic imine (C=N–C) groups is 3. The highest BCUT2D eigenvalue weighted by Crippen LogP contribution is 2.50. The fourth-order valence-corrected chi connectivity index (χ4v) is 4.59. The summed E-state index contributed by atoms with van der Waals surface area (Å²) in [4.78, 5) is 45.5. The first-order chi connectivity index (χ1) is 11.1. The van der Waals surface area contributed by atoms with Crippen LogP contribution in [-0.2, 0) is 14.4 Å². The minimum Gasteiger partial charge on any atom is -0.211 e. The molecule has 2 saturated carbocycles. The SMILES string of the molecule is CC(N=C=O)(C1CCCCC1)C1(N=C=O)CCCCC1N=C=O. The van der Waals surface area contributed by atoms with E-state index in [4.69, 9.17) is 0 Å². The molecule has 0 saturated heterocycles. The van der Waals surface area contributed by atoms with Gasteiger partial charge in [0.1, 0.15) is 11.1 Å². The molecule has 3 atom stereocenters. The Balaban J connectivity index is 2.58. The van der Waals surface area contributed by atoms with Gasteiger partial charge in [0.2, 0.25) is 18.2 Å². The molecule has 2 rings (SSSR count). The quantitative estimate of drug-likeness (QED) is 0.576. The van der Waals surface area contributed by atoms with E-state index in [9.17, 15) is 14.4 Å². The monoisotopic (exact) mass is 317 g/mol. The van der Waals surface area contributed by atoms with Gasteiger partial charge in [-0.15, -0.1) is 0 Å². The van der Waals surface area contributed by atoms with E-state index >= 15 is 0 Å². The predicted molar refractivity (Wildman–Crippen MR) is 84.3 cm³/mol. The van der Waals surface area contributed by atoms with Gasteiger partial charge in [-0.25, -0.2) is 14.4 Å². The zero-order chi connectivity index (χ0) is 16.8. The lowest BCUT2D eigenvalue weighted by molar-refractivity contribution is 0.0803. The molecule has 23 heavy (non-hydrogen) atoms. The molecule has 2 aliphatic carbocycles. The molecule has 0 aliphatic heterocycles. The van der Waals surface area contributed by atoms with Crippen molar-refractivity contribution in [3.8, 4) is 0 Å². The predicted octanol–water partition coefficient (Wildman–Crippen LogP) is 3.01. The topological polar surface area (TPSA) is 88.3 Å². The fraction of sp³-hybridized carbons (Fsp3) is 0.824. The summed E-state index contributed by atoms with van der Waals surface area (Å²) in [5, 5.41) is 0. The highest BCUT2D eigenvalue weighted by Gasteiger charge is 2.58. The number of hydrogen-bond donors (Lipinski definition) is 0. The number of hydrogen-bond acceptors (Lipinski definition) is 6. The first kappa shape index (κ1) is 17.5. The fourth-order valence-electron chi connectivity index (χ4n) is 4.59. The van der Waals surface area contributed by atoms with Crippen LogP contribution in [0.5, 0.6) is 0 Å². The summed E-state index contributed by atoms with van der Waals surface area (Å²) in [7, 11) is 0. The van der Waals surface area contributed by atoms with Crippen molar-refractivity contribution in [1.29, 1.82) is 0 Å². The number of rotatable bonds is 5. The van der Waals surface area contributed by atoms with E-state index in [-0.39, 0.29) is 5.92 Å². The summed E-state index contributed by atoms with van der Waals surface area (Å²) in [5.74, 6) is 0.122. The van der Waals surface area contributed by atoms with E-state index in [1.165, 1.54) is 0 Å². The largest absolute Gasteiger partial charge is 0.235 e. The van der Waals surface area contributed by atoms with Crippen LogP contribution in [0.1, 0.15) is 64.7 Å². The van der Waals surface area contributed by atoms with Crippen LogP contribution >= 0.6 is 0 Å². The zero-order valence-corrected chi connectivity index (χ0v) is 13.6. The number of nitrogens with zero attached hydrogens (tertiary/aromatic N) is 3. The first-order valence-electron chi connectivity index (χ1n) is 8.39. The summed E-state index contributed by atoms with van der Waals surface area (Å²) in [6, 6.07) is -0.487. The van der Waals surface area contributed by atoms with Crippen LogP contribution in [0.15, 0.2) is 15.0 Å². The molecule has 0 bridgehead atoms. The Morgan fingerprint density at radius 3 is 2.22 bits per heavy atom. The standard InChI is InChI=1S/C17H23N3O3/c1-16(19-12-22,14-7-3-2-4-8-14)17(20-13-23)10-6-5-9-15(17)18-11-21/h14-15H,2-10H2,1H3. The third-order valence-electron chi connectivity index (χ3n) is 5.84. The van der Waals surface area contributed by atoms with Gasteiger partial charge in [0.05, 0.1) is 6.04 Å². The normalized spacial score (nSPS) is 30.9. The Morgan fingerprint density at radius 1 is 0.913 bits per heavy atom. The molecule has 6 heteroatoms. The minimum absolute atomic E-state index is 0.122. The second-order valence-corrected chi connectivity index (χ2v) is 6.79. The van der Waals surface area contributed by atoms with E-state index in [0.717, 1.165) is 44.9 Å². The van der Waals surface area contributed by atoms with Crippen molar-refractivity contribution in [2.24, 2.45) is 20.9 Å². The van der Waals surface area contributed by atoms with Crippen LogP contribution in [0.2, 0.25) is 0 Å². The second kappa shape index (κ2) is 7.61. The molecule has 3 unspecified atom stereocenters. The second-order valence-electron chi connectivity index (χ2n) is 6.79. The Morgan fingerprint density at radius 2 is 1.61 bits per heavy atom. The van der Waals surface area contributed by atoms with E-state index in [1.54, 1.807) is 18.2 Å². The van der Waals surface area contributed by atoms with Crippen molar-refractivity contribution < 1.29 is 14.4 Å². The Kier molecular flexibility index (Phi) is 5.79. The molecular formula is C17H23N3O3. The maximum Gasteiger partial charge on any atom is 0.235 e. The van der Waals surface area contributed by atoms with Crippen molar-refractivity contribution >= 4 is 18.2 Å². The molecule has 2 aliphatic rings. The van der Waals surface area contributed by atoms with Gasteiger partial charge >= 0.3 is 0 Å². The maximum absolute atomic E-state index is 11.2. The Bertz CT molecular complexity index is 568. The molecule has 2 fully saturated rings. The molecule has 6 nitrogen and oxygen atoms in total. The smallest absolute Gasteiger partial charge is 0.211 e. The van der Waals surface area contributed by atoms with Gasteiger partial charge in [-0.05, 0) is 38.5 Å². The van der Waals surface area contributed by atoms with Crippen molar-refractivity contribution in [3.63, 3.8) is 0 Å². The molecule has 0 amide bonds. The highest BCUT2D eigenvalue weighted by atomic mass is 16.1. The van der Waals surface area contributed by atoms with Crippen LogP contribution in [0, 0.1) is 5.92 Å². The van der Waals surface area contributed by atoms with Gasteiger partial charge in [0.15, 0.2) is 0 Å². The molecule has 0 heterocycles. The van der Waals surface area contributed by atoms with Crippen molar-refractivity contribution in [1.82, 2.24) is 0 Å². The van der Waals surface area contributed by atoms with Gasteiger partial charge in [0.25, 0.3) is 0 Å². The van der Waals surface area contributed by atoms with Crippen molar-refractivity contribution in [2.45, 2.75) is 81.8 Å². The van der Waals surface area contributed by atoms with Crippen LogP contribution in [0.25, 0.3) is 0 Å². The average Bonchev–Trinajstić information content (AvgIpc) is 2.58. The molecule has 0 aromatic heterocycles. The van der Waals surface area contributed by atoms with Gasteiger partial charge < -0.3 is 0 Å². The summed E-state index contributed by atoms with van der Waals surface area (Å²) in [6.45, 7) is 1.87. The summed E-state index contributed by atoms with van der Waals surface area (Å²) >= 11 is 0. The van der Waals surface area contributed by atoms with E-state index < -0.39 is 17.1 Å². The molecule has 0 radical (unpaired) electrons. The van der Waals surface area contributed by atoms with Crippen LogP contribution < -0.4 is 0 Å². The molecule has 0 aromatic carbocycles. The highest BCUT2D eigenvalue weighted by molar-refractivity contribution is 5.43. The number of carbonyl (C=O) groups excluding carboxylic acids is 3. The van der Waals surface area contributed by atoms with E-state index in [2.05, 4.69) is 15.0 Å².